The lowest BCUT2D eigenvalue weighted by molar-refractivity contribution is -0.132. The zero-order valence-electron chi connectivity index (χ0n) is 13.4. The van der Waals surface area contributed by atoms with Crippen molar-refractivity contribution in [3.05, 3.63) is 35.4 Å². The van der Waals surface area contributed by atoms with Crippen molar-refractivity contribution >= 4 is 17.7 Å². The average Bonchev–Trinajstić information content (AvgIpc) is 2.82. The first-order valence-corrected chi connectivity index (χ1v) is 9.11. The van der Waals surface area contributed by atoms with Gasteiger partial charge in [-0.15, -0.1) is 0 Å². The van der Waals surface area contributed by atoms with E-state index >= 15 is 0 Å². The number of carbonyl (C=O) groups excluding carboxylic acids is 1. The van der Waals surface area contributed by atoms with Crippen LogP contribution in [0.2, 0.25) is 0 Å². The van der Waals surface area contributed by atoms with Gasteiger partial charge in [-0.2, -0.15) is 11.8 Å². The summed E-state index contributed by atoms with van der Waals surface area (Å²) in [6.07, 6.45) is 4.00. The third kappa shape index (κ3) is 3.61. The zero-order valence-corrected chi connectivity index (χ0v) is 14.2. The lowest BCUT2D eigenvalue weighted by Gasteiger charge is -2.30. The van der Waals surface area contributed by atoms with E-state index in [0.29, 0.717) is 0 Å². The monoisotopic (exact) mass is 306 g/mol. The fourth-order valence-corrected chi connectivity index (χ4v) is 3.42. The van der Waals surface area contributed by atoms with E-state index in [2.05, 4.69) is 61.5 Å². The van der Waals surface area contributed by atoms with Crippen molar-refractivity contribution in [3.8, 4) is 0 Å². The average molecular weight is 306 g/mol. The summed E-state index contributed by atoms with van der Waals surface area (Å²) < 4.78 is 0. The first-order chi connectivity index (χ1) is 10.1. The van der Waals surface area contributed by atoms with Crippen LogP contribution in [0.4, 0.5) is 0 Å². The van der Waals surface area contributed by atoms with Gasteiger partial charge in [-0.05, 0) is 44.3 Å². The molecule has 1 amide bonds. The van der Waals surface area contributed by atoms with Gasteiger partial charge in [-0.3, -0.25) is 10.1 Å². The predicted molar refractivity (Wildman–Crippen MR) is 90.4 cm³/mol. The first-order valence-electron chi connectivity index (χ1n) is 7.72. The number of nitrogens with one attached hydrogen (secondary N) is 1. The van der Waals surface area contributed by atoms with Crippen LogP contribution in [0.25, 0.3) is 0 Å². The summed E-state index contributed by atoms with van der Waals surface area (Å²) in [5, 5.41) is 3.50. The van der Waals surface area contributed by atoms with Crippen LogP contribution in [0.1, 0.15) is 44.0 Å². The molecule has 0 saturated carbocycles. The number of thioether (sulfide) groups is 1. The lowest BCUT2D eigenvalue weighted by atomic mass is 10.1. The molecule has 1 heterocycles. The molecule has 1 aromatic rings. The van der Waals surface area contributed by atoms with E-state index in [1.54, 1.807) is 0 Å². The van der Waals surface area contributed by atoms with E-state index in [0.717, 1.165) is 18.6 Å². The Labute approximate surface area is 132 Å². The van der Waals surface area contributed by atoms with Crippen LogP contribution >= 0.6 is 11.8 Å². The van der Waals surface area contributed by atoms with Gasteiger partial charge in [0.25, 0.3) is 0 Å². The number of hydrogen-bond donors (Lipinski definition) is 1. The van der Waals surface area contributed by atoms with E-state index in [9.17, 15) is 4.79 Å². The maximum atomic E-state index is 12.6. The van der Waals surface area contributed by atoms with Gasteiger partial charge in [0.15, 0.2) is 0 Å². The second kappa shape index (κ2) is 7.32. The number of rotatable bonds is 6. The van der Waals surface area contributed by atoms with E-state index in [1.165, 1.54) is 11.1 Å². The normalized spacial score (nSPS) is 23.6. The number of aryl methyl sites for hydroxylation is 1. The Balaban J connectivity index is 2.23. The Morgan fingerprint density at radius 3 is 2.57 bits per heavy atom. The van der Waals surface area contributed by atoms with E-state index in [1.807, 2.05) is 11.8 Å². The molecule has 0 radical (unpaired) electrons. The summed E-state index contributed by atoms with van der Waals surface area (Å²) in [5.74, 6) is 1.33. The largest absolute Gasteiger partial charge is 0.319 e. The van der Waals surface area contributed by atoms with Gasteiger partial charge >= 0.3 is 0 Å². The minimum atomic E-state index is -0.0481. The molecular weight excluding hydrogens is 280 g/mol. The van der Waals surface area contributed by atoms with Gasteiger partial charge in [-0.25, -0.2) is 0 Å². The summed E-state index contributed by atoms with van der Waals surface area (Å²) in [6.45, 7) is 6.32. The van der Waals surface area contributed by atoms with Crippen molar-refractivity contribution < 1.29 is 4.79 Å². The second-order valence-electron chi connectivity index (χ2n) is 5.82. The molecule has 116 valence electrons. The molecule has 0 spiro atoms. The molecule has 3 atom stereocenters. The van der Waals surface area contributed by atoms with Crippen molar-refractivity contribution in [2.75, 3.05) is 12.0 Å². The number of amides is 1. The van der Waals surface area contributed by atoms with Gasteiger partial charge in [0.1, 0.15) is 6.17 Å². The maximum absolute atomic E-state index is 12.6. The molecule has 1 aliphatic heterocycles. The Morgan fingerprint density at radius 1 is 1.33 bits per heavy atom. The molecule has 1 aromatic carbocycles. The van der Waals surface area contributed by atoms with E-state index in [4.69, 9.17) is 0 Å². The third-order valence-corrected chi connectivity index (χ3v) is 4.85. The number of hydrogen-bond acceptors (Lipinski definition) is 3. The smallest absolute Gasteiger partial charge is 0.241 e. The minimum absolute atomic E-state index is 0.0138. The highest BCUT2D eigenvalue weighted by Gasteiger charge is 2.40. The van der Waals surface area contributed by atoms with Crippen molar-refractivity contribution in [2.24, 2.45) is 0 Å². The molecule has 4 heteroatoms. The molecule has 3 nitrogen and oxygen atoms in total. The number of benzene rings is 1. The van der Waals surface area contributed by atoms with Gasteiger partial charge < -0.3 is 4.90 Å². The van der Waals surface area contributed by atoms with E-state index in [-0.39, 0.29) is 24.2 Å². The summed E-state index contributed by atoms with van der Waals surface area (Å²) in [4.78, 5) is 14.7. The van der Waals surface area contributed by atoms with Crippen molar-refractivity contribution in [1.29, 1.82) is 0 Å². The van der Waals surface area contributed by atoms with Crippen molar-refractivity contribution in [1.82, 2.24) is 10.2 Å². The molecule has 3 unspecified atom stereocenters. The SMILES string of the molecule is CCC1NC(c2ccc(C)cc2)N(C(C)CCSC)C1=O. The molecular formula is C17H26N2OS. The van der Waals surface area contributed by atoms with Crippen LogP contribution in [-0.4, -0.2) is 34.9 Å². The molecule has 2 rings (SSSR count). The van der Waals surface area contributed by atoms with Crippen LogP contribution in [0.15, 0.2) is 24.3 Å². The lowest BCUT2D eigenvalue weighted by Crippen LogP contribution is -2.38. The zero-order chi connectivity index (χ0) is 15.4. The summed E-state index contributed by atoms with van der Waals surface area (Å²) in [6, 6.07) is 8.71. The highest BCUT2D eigenvalue weighted by molar-refractivity contribution is 7.98. The van der Waals surface area contributed by atoms with Crippen LogP contribution in [-0.2, 0) is 4.79 Å². The topological polar surface area (TPSA) is 32.3 Å². The highest BCUT2D eigenvalue weighted by atomic mass is 32.2. The van der Waals surface area contributed by atoms with Gasteiger partial charge in [0.05, 0.1) is 6.04 Å². The second-order valence-corrected chi connectivity index (χ2v) is 6.80. The molecule has 1 saturated heterocycles. The van der Waals surface area contributed by atoms with Gasteiger partial charge in [0, 0.05) is 6.04 Å². The first kappa shape index (κ1) is 16.4. The molecule has 1 aliphatic rings. The molecule has 0 bridgehead atoms. The van der Waals surface area contributed by atoms with E-state index < -0.39 is 0 Å². The van der Waals surface area contributed by atoms with Crippen LogP contribution in [0.5, 0.6) is 0 Å². The van der Waals surface area contributed by atoms with Crippen molar-refractivity contribution in [2.45, 2.75) is 51.9 Å². The molecule has 21 heavy (non-hydrogen) atoms. The fourth-order valence-electron chi connectivity index (χ4n) is 2.85. The van der Waals surface area contributed by atoms with Crippen LogP contribution in [0, 0.1) is 6.92 Å². The summed E-state index contributed by atoms with van der Waals surface area (Å²) in [7, 11) is 0. The number of carbonyl (C=O) groups is 1. The predicted octanol–water partition coefficient (Wildman–Crippen LogP) is 3.35. The van der Waals surface area contributed by atoms with Gasteiger partial charge in [0.2, 0.25) is 5.91 Å². The Kier molecular flexibility index (Phi) is 5.71. The number of nitrogens with zero attached hydrogens (tertiary/aromatic N) is 1. The quantitative estimate of drug-likeness (QED) is 0.875. The molecule has 0 aliphatic carbocycles. The van der Waals surface area contributed by atoms with Crippen LogP contribution in [0.3, 0.4) is 0 Å². The molecule has 1 fully saturated rings. The minimum Gasteiger partial charge on any atom is -0.319 e. The highest BCUT2D eigenvalue weighted by Crippen LogP contribution is 2.30. The van der Waals surface area contributed by atoms with Gasteiger partial charge in [-0.1, -0.05) is 36.8 Å². The summed E-state index contributed by atoms with van der Waals surface area (Å²) in [5.41, 5.74) is 2.43. The molecule has 0 aromatic heterocycles. The fraction of sp³-hybridized carbons (Fsp3) is 0.588. The standard InChI is InChI=1S/C17H26N2OS/c1-5-15-17(20)19(13(3)10-11-21-4)16(18-15)14-8-6-12(2)7-9-14/h6-9,13,15-16,18H,5,10-11H2,1-4H3. The molecule has 1 N–H and O–H groups in total. The van der Waals surface area contributed by atoms with Crippen molar-refractivity contribution in [3.63, 3.8) is 0 Å². The Morgan fingerprint density at radius 2 is 2.00 bits per heavy atom. The third-order valence-electron chi connectivity index (χ3n) is 4.21. The Hall–Kier alpha value is -1.00. The summed E-state index contributed by atoms with van der Waals surface area (Å²) >= 11 is 1.84. The maximum Gasteiger partial charge on any atom is 0.241 e. The van der Waals surface area contributed by atoms with Crippen LogP contribution < -0.4 is 5.32 Å². The Bertz CT molecular complexity index is 474.